The molecule has 0 radical (unpaired) electrons. The van der Waals surface area contributed by atoms with E-state index in [9.17, 15) is 0 Å². The smallest absolute Gasteiger partial charge is 0.0164 e. The summed E-state index contributed by atoms with van der Waals surface area (Å²) in [7, 11) is 0. The van der Waals surface area contributed by atoms with Crippen LogP contribution in [0.25, 0.3) is 0 Å². The van der Waals surface area contributed by atoms with Crippen LogP contribution >= 0.6 is 11.8 Å². The van der Waals surface area contributed by atoms with Gasteiger partial charge in [-0.1, -0.05) is 64.7 Å². The predicted molar refractivity (Wildman–Crippen MR) is 97.2 cm³/mol. The van der Waals surface area contributed by atoms with Crippen molar-refractivity contribution in [1.29, 1.82) is 0 Å². The molecule has 0 aliphatic heterocycles. The molecular formula is C19H33NS. The first-order valence-electron chi connectivity index (χ1n) is 8.71. The highest BCUT2D eigenvalue weighted by molar-refractivity contribution is 7.99. The molecule has 1 aromatic rings. The fourth-order valence-corrected chi connectivity index (χ4v) is 3.65. The predicted octanol–water partition coefficient (Wildman–Crippen LogP) is 5.75. The van der Waals surface area contributed by atoms with Crippen LogP contribution < -0.4 is 5.32 Å². The van der Waals surface area contributed by atoms with Gasteiger partial charge in [0.25, 0.3) is 0 Å². The van der Waals surface area contributed by atoms with Crippen LogP contribution in [0, 0.1) is 5.92 Å². The van der Waals surface area contributed by atoms with Crippen molar-refractivity contribution in [3.05, 3.63) is 30.3 Å². The lowest BCUT2D eigenvalue weighted by atomic mass is 9.92. The summed E-state index contributed by atoms with van der Waals surface area (Å²) in [5.74, 6) is 2.07. The molecule has 2 heteroatoms. The summed E-state index contributed by atoms with van der Waals surface area (Å²) in [5.41, 5.74) is 0. The van der Waals surface area contributed by atoms with Gasteiger partial charge in [0.1, 0.15) is 0 Å². The summed E-state index contributed by atoms with van der Waals surface area (Å²) in [6.45, 7) is 8.04. The van der Waals surface area contributed by atoms with Crippen molar-refractivity contribution in [2.24, 2.45) is 5.92 Å². The highest BCUT2D eigenvalue weighted by Crippen LogP contribution is 2.23. The highest BCUT2D eigenvalue weighted by Gasteiger charge is 2.15. The zero-order valence-electron chi connectivity index (χ0n) is 14.1. The molecule has 1 N–H and O–H groups in total. The summed E-state index contributed by atoms with van der Waals surface area (Å²) in [6, 6.07) is 11.4. The molecule has 1 aromatic carbocycles. The van der Waals surface area contributed by atoms with E-state index in [2.05, 4.69) is 56.4 Å². The van der Waals surface area contributed by atoms with Gasteiger partial charge in [-0.15, -0.1) is 11.8 Å². The second-order valence-electron chi connectivity index (χ2n) is 5.93. The lowest BCUT2D eigenvalue weighted by Gasteiger charge is -2.23. The van der Waals surface area contributed by atoms with Gasteiger partial charge in [-0.2, -0.15) is 0 Å². The van der Waals surface area contributed by atoms with E-state index in [-0.39, 0.29) is 0 Å². The van der Waals surface area contributed by atoms with Crippen molar-refractivity contribution in [1.82, 2.24) is 5.32 Å². The third kappa shape index (κ3) is 8.53. The molecule has 0 fully saturated rings. The highest BCUT2D eigenvalue weighted by atomic mass is 32.2. The van der Waals surface area contributed by atoms with Crippen molar-refractivity contribution in [2.75, 3.05) is 12.3 Å². The summed E-state index contributed by atoms with van der Waals surface area (Å²) < 4.78 is 0. The van der Waals surface area contributed by atoms with Crippen LogP contribution in [0.3, 0.4) is 0 Å². The van der Waals surface area contributed by atoms with Gasteiger partial charge in [0.15, 0.2) is 0 Å². The Bertz CT molecular complexity index is 339. The van der Waals surface area contributed by atoms with Gasteiger partial charge in [-0.3, -0.25) is 0 Å². The first-order chi connectivity index (χ1) is 10.3. The monoisotopic (exact) mass is 307 g/mol. The standard InChI is InChI=1S/C19H33NS/c1-4-7-11-17(6-3)15-18(20-14-5-2)16-21-19-12-9-8-10-13-19/h8-10,12-13,17-18,20H,4-7,11,14-16H2,1-3H3. The summed E-state index contributed by atoms with van der Waals surface area (Å²) >= 11 is 1.99. The molecule has 120 valence electrons. The minimum Gasteiger partial charge on any atom is -0.313 e. The molecule has 0 aliphatic rings. The fraction of sp³-hybridized carbons (Fsp3) is 0.684. The zero-order valence-corrected chi connectivity index (χ0v) is 14.9. The second kappa shape index (κ2) is 12.1. The number of hydrogen-bond donors (Lipinski definition) is 1. The number of rotatable bonds is 12. The molecule has 0 bridgehead atoms. The van der Waals surface area contributed by atoms with Crippen LogP contribution in [-0.4, -0.2) is 18.3 Å². The van der Waals surface area contributed by atoms with Gasteiger partial charge in [0.05, 0.1) is 0 Å². The largest absolute Gasteiger partial charge is 0.313 e. The van der Waals surface area contributed by atoms with E-state index >= 15 is 0 Å². The molecule has 0 saturated carbocycles. The van der Waals surface area contributed by atoms with E-state index in [0.717, 1.165) is 12.5 Å². The van der Waals surface area contributed by atoms with Gasteiger partial charge >= 0.3 is 0 Å². The van der Waals surface area contributed by atoms with Crippen molar-refractivity contribution < 1.29 is 0 Å². The maximum atomic E-state index is 3.76. The topological polar surface area (TPSA) is 12.0 Å². The Morgan fingerprint density at radius 1 is 1.05 bits per heavy atom. The Labute approximate surface area is 136 Å². The van der Waals surface area contributed by atoms with Gasteiger partial charge < -0.3 is 5.32 Å². The average molecular weight is 308 g/mol. The Balaban J connectivity index is 2.45. The quantitative estimate of drug-likeness (QED) is 0.493. The first kappa shape index (κ1) is 18.6. The molecular weight excluding hydrogens is 274 g/mol. The number of nitrogens with one attached hydrogen (secondary N) is 1. The van der Waals surface area contributed by atoms with Crippen LogP contribution in [-0.2, 0) is 0 Å². The summed E-state index contributed by atoms with van der Waals surface area (Å²) in [6.07, 6.45) is 7.97. The number of benzene rings is 1. The molecule has 0 aliphatic carbocycles. The molecule has 0 aromatic heterocycles. The summed E-state index contributed by atoms with van der Waals surface area (Å²) in [4.78, 5) is 1.39. The zero-order chi connectivity index (χ0) is 15.3. The molecule has 0 heterocycles. The molecule has 0 spiro atoms. The minimum atomic E-state index is 0.650. The second-order valence-corrected chi connectivity index (χ2v) is 7.02. The maximum absolute atomic E-state index is 3.76. The van der Waals surface area contributed by atoms with E-state index < -0.39 is 0 Å². The molecule has 2 atom stereocenters. The lowest BCUT2D eigenvalue weighted by Crippen LogP contribution is -2.34. The van der Waals surface area contributed by atoms with Gasteiger partial charge in [0.2, 0.25) is 0 Å². The SMILES string of the molecule is CCCCC(CC)CC(CSc1ccccc1)NCCC. The molecule has 1 nitrogen and oxygen atoms in total. The Morgan fingerprint density at radius 2 is 1.81 bits per heavy atom. The molecule has 21 heavy (non-hydrogen) atoms. The Kier molecular flexibility index (Phi) is 10.7. The molecule has 0 amide bonds. The van der Waals surface area contributed by atoms with Crippen molar-refractivity contribution in [2.45, 2.75) is 70.2 Å². The number of thioether (sulfide) groups is 1. The average Bonchev–Trinajstić information content (AvgIpc) is 2.54. The lowest BCUT2D eigenvalue weighted by molar-refractivity contribution is 0.365. The summed E-state index contributed by atoms with van der Waals surface area (Å²) in [5, 5.41) is 3.76. The molecule has 1 rings (SSSR count). The molecule has 2 unspecified atom stereocenters. The van der Waals surface area contributed by atoms with Crippen LogP contribution in [0.5, 0.6) is 0 Å². The van der Waals surface area contributed by atoms with Crippen LogP contribution in [0.4, 0.5) is 0 Å². The third-order valence-corrected chi connectivity index (χ3v) is 5.21. The first-order valence-corrected chi connectivity index (χ1v) is 9.69. The number of unbranched alkanes of at least 4 members (excludes halogenated alkanes) is 1. The van der Waals surface area contributed by atoms with Crippen LogP contribution in [0.15, 0.2) is 35.2 Å². The van der Waals surface area contributed by atoms with Crippen LogP contribution in [0.1, 0.15) is 59.3 Å². The third-order valence-electron chi connectivity index (χ3n) is 4.04. The van der Waals surface area contributed by atoms with Crippen molar-refractivity contribution >= 4 is 11.8 Å². The molecule has 0 saturated heterocycles. The van der Waals surface area contributed by atoms with E-state index in [1.54, 1.807) is 0 Å². The van der Waals surface area contributed by atoms with E-state index in [0.29, 0.717) is 6.04 Å². The van der Waals surface area contributed by atoms with E-state index in [1.807, 2.05) is 11.8 Å². The Morgan fingerprint density at radius 3 is 2.43 bits per heavy atom. The van der Waals surface area contributed by atoms with E-state index in [4.69, 9.17) is 0 Å². The van der Waals surface area contributed by atoms with Gasteiger partial charge in [0, 0.05) is 16.7 Å². The minimum absolute atomic E-state index is 0.650. The Hall–Kier alpha value is -0.470. The maximum Gasteiger partial charge on any atom is 0.0164 e. The van der Waals surface area contributed by atoms with Crippen molar-refractivity contribution in [3.8, 4) is 0 Å². The van der Waals surface area contributed by atoms with Crippen molar-refractivity contribution in [3.63, 3.8) is 0 Å². The van der Waals surface area contributed by atoms with Crippen LogP contribution in [0.2, 0.25) is 0 Å². The number of hydrogen-bond acceptors (Lipinski definition) is 2. The van der Waals surface area contributed by atoms with Gasteiger partial charge in [-0.05, 0) is 37.4 Å². The fourth-order valence-electron chi connectivity index (χ4n) is 2.66. The normalized spacial score (nSPS) is 14.0. The van der Waals surface area contributed by atoms with E-state index in [1.165, 1.54) is 49.2 Å². The van der Waals surface area contributed by atoms with Gasteiger partial charge in [-0.25, -0.2) is 0 Å².